The molecule has 0 N–H and O–H groups in total. The molecule has 3 heterocycles. The third kappa shape index (κ3) is 4.45. The van der Waals surface area contributed by atoms with Crippen molar-refractivity contribution in [1.82, 2.24) is 19.0 Å². The molecule has 1 saturated heterocycles. The maximum absolute atomic E-state index is 12.5. The second kappa shape index (κ2) is 7.41. The van der Waals surface area contributed by atoms with Crippen molar-refractivity contribution in [3.8, 4) is 0 Å². The summed E-state index contributed by atoms with van der Waals surface area (Å²) in [6.07, 6.45) is -3.49. The van der Waals surface area contributed by atoms with Gasteiger partial charge in [0.15, 0.2) is 5.69 Å². The van der Waals surface area contributed by atoms with E-state index in [2.05, 4.69) is 5.10 Å². The zero-order chi connectivity index (χ0) is 19.8. The van der Waals surface area contributed by atoms with Crippen molar-refractivity contribution >= 4 is 38.9 Å². The van der Waals surface area contributed by atoms with Gasteiger partial charge in [0.2, 0.25) is 5.91 Å². The lowest BCUT2D eigenvalue weighted by Crippen LogP contribution is -2.51. The van der Waals surface area contributed by atoms with Crippen LogP contribution in [-0.4, -0.2) is 59.5 Å². The fraction of sp³-hybridized carbons (Fsp3) is 0.429. The summed E-state index contributed by atoms with van der Waals surface area (Å²) in [4.78, 5) is 13.7. The number of amides is 1. The van der Waals surface area contributed by atoms with Crippen molar-refractivity contribution in [2.75, 3.05) is 26.2 Å². The van der Waals surface area contributed by atoms with Crippen LogP contribution in [0.3, 0.4) is 0 Å². The molecule has 7 nitrogen and oxygen atoms in total. The Kier molecular flexibility index (Phi) is 5.52. The summed E-state index contributed by atoms with van der Waals surface area (Å²) in [5.74, 6) is -0.428. The summed E-state index contributed by atoms with van der Waals surface area (Å²) in [5.41, 5.74) is -1.07. The first-order valence-corrected chi connectivity index (χ1v) is 10.3. The van der Waals surface area contributed by atoms with Gasteiger partial charge in [0.05, 0.1) is 4.34 Å². The fourth-order valence-corrected chi connectivity index (χ4v) is 5.64. The molecule has 2 aromatic heterocycles. The minimum atomic E-state index is -4.57. The Hall–Kier alpha value is -1.63. The van der Waals surface area contributed by atoms with Crippen LogP contribution >= 0.6 is 22.9 Å². The Morgan fingerprint density at radius 1 is 1.19 bits per heavy atom. The van der Waals surface area contributed by atoms with Crippen LogP contribution in [0.2, 0.25) is 4.34 Å². The summed E-state index contributed by atoms with van der Waals surface area (Å²) in [5, 5.41) is 3.34. The van der Waals surface area contributed by atoms with E-state index in [1.807, 2.05) is 0 Å². The van der Waals surface area contributed by atoms with Crippen molar-refractivity contribution in [1.29, 1.82) is 0 Å². The molecule has 0 aliphatic carbocycles. The second-order valence-corrected chi connectivity index (χ2v) is 9.62. The number of carbonyl (C=O) groups excluding carboxylic acids is 1. The second-order valence-electron chi connectivity index (χ2n) is 5.74. The molecule has 0 atom stereocenters. The monoisotopic (exact) mass is 442 g/mol. The largest absolute Gasteiger partial charge is 0.435 e. The highest BCUT2D eigenvalue weighted by atomic mass is 35.5. The van der Waals surface area contributed by atoms with Gasteiger partial charge < -0.3 is 4.90 Å². The van der Waals surface area contributed by atoms with Crippen molar-refractivity contribution < 1.29 is 26.4 Å². The molecule has 0 bridgehead atoms. The molecule has 0 aromatic carbocycles. The number of hydrogen-bond acceptors (Lipinski definition) is 5. The Balaban J connectivity index is 1.59. The highest BCUT2D eigenvalue weighted by Crippen LogP contribution is 2.29. The molecule has 0 radical (unpaired) electrons. The molecular formula is C14H14ClF3N4O3S2. The molecule has 1 aliphatic heterocycles. The fourth-order valence-electron chi connectivity index (χ4n) is 2.58. The molecule has 0 saturated carbocycles. The quantitative estimate of drug-likeness (QED) is 0.727. The number of carbonyl (C=O) groups is 1. The smallest absolute Gasteiger partial charge is 0.338 e. The SMILES string of the molecule is O=C(Cn1ccc(C(F)(F)F)n1)N1CCN(S(=O)(=O)c2ccc(Cl)s2)CC1. The van der Waals surface area contributed by atoms with Gasteiger partial charge in [-0.15, -0.1) is 11.3 Å². The molecule has 2 aromatic rings. The Bertz CT molecular complexity index is 934. The minimum absolute atomic E-state index is 0.0938. The number of alkyl halides is 3. The van der Waals surface area contributed by atoms with Gasteiger partial charge in [-0.25, -0.2) is 8.42 Å². The van der Waals surface area contributed by atoms with E-state index in [-0.39, 0.29) is 36.9 Å². The van der Waals surface area contributed by atoms with Gasteiger partial charge in [-0.3, -0.25) is 9.48 Å². The van der Waals surface area contributed by atoms with Gasteiger partial charge in [-0.2, -0.15) is 22.6 Å². The zero-order valence-corrected chi connectivity index (χ0v) is 16.1. The lowest BCUT2D eigenvalue weighted by molar-refractivity contribution is -0.142. The first kappa shape index (κ1) is 20.1. The van der Waals surface area contributed by atoms with Gasteiger partial charge in [0.1, 0.15) is 10.8 Å². The molecule has 0 unspecified atom stereocenters. The highest BCUT2D eigenvalue weighted by molar-refractivity contribution is 7.91. The molecule has 1 fully saturated rings. The number of hydrogen-bond donors (Lipinski definition) is 0. The molecule has 0 spiro atoms. The molecule has 13 heteroatoms. The minimum Gasteiger partial charge on any atom is -0.338 e. The maximum atomic E-state index is 12.5. The summed E-state index contributed by atoms with van der Waals surface area (Å²) < 4.78 is 65.3. The first-order chi connectivity index (χ1) is 12.6. The maximum Gasteiger partial charge on any atom is 0.435 e. The van der Waals surface area contributed by atoms with Crippen molar-refractivity contribution in [3.63, 3.8) is 0 Å². The third-order valence-corrected chi connectivity index (χ3v) is 7.56. The van der Waals surface area contributed by atoms with Gasteiger partial charge in [0.25, 0.3) is 10.0 Å². The normalized spacial score (nSPS) is 16.7. The van der Waals surface area contributed by atoms with Crippen LogP contribution in [0.4, 0.5) is 13.2 Å². The van der Waals surface area contributed by atoms with Gasteiger partial charge in [-0.05, 0) is 18.2 Å². The van der Waals surface area contributed by atoms with E-state index in [1.54, 1.807) is 0 Å². The average molecular weight is 443 g/mol. The summed E-state index contributed by atoms with van der Waals surface area (Å²) in [6, 6.07) is 3.72. The Morgan fingerprint density at radius 3 is 2.37 bits per heavy atom. The average Bonchev–Trinajstić information content (AvgIpc) is 3.24. The van der Waals surface area contributed by atoms with E-state index in [1.165, 1.54) is 21.3 Å². The number of sulfonamides is 1. The van der Waals surface area contributed by atoms with Crippen LogP contribution in [0.15, 0.2) is 28.6 Å². The molecule has 148 valence electrons. The summed E-state index contributed by atoms with van der Waals surface area (Å²) in [7, 11) is -3.68. The number of nitrogens with zero attached hydrogens (tertiary/aromatic N) is 4. The van der Waals surface area contributed by atoms with Gasteiger partial charge >= 0.3 is 6.18 Å². The van der Waals surface area contributed by atoms with E-state index in [9.17, 15) is 26.4 Å². The van der Waals surface area contributed by atoms with Crippen LogP contribution in [0.25, 0.3) is 0 Å². The van der Waals surface area contributed by atoms with E-state index < -0.39 is 27.8 Å². The lowest BCUT2D eigenvalue weighted by atomic mass is 10.3. The molecule has 1 amide bonds. The van der Waals surface area contributed by atoms with Crippen molar-refractivity contribution in [2.24, 2.45) is 0 Å². The van der Waals surface area contributed by atoms with E-state index in [0.717, 1.165) is 28.3 Å². The topological polar surface area (TPSA) is 75.5 Å². The lowest BCUT2D eigenvalue weighted by Gasteiger charge is -2.33. The van der Waals surface area contributed by atoms with Crippen LogP contribution < -0.4 is 0 Å². The van der Waals surface area contributed by atoms with Gasteiger partial charge in [0, 0.05) is 32.4 Å². The van der Waals surface area contributed by atoms with Crippen LogP contribution in [0.1, 0.15) is 5.69 Å². The summed E-state index contributed by atoms with van der Waals surface area (Å²) in [6.45, 7) is 0.130. The number of thiophene rings is 1. The molecule has 3 rings (SSSR count). The van der Waals surface area contributed by atoms with Gasteiger partial charge in [-0.1, -0.05) is 11.6 Å². The van der Waals surface area contributed by atoms with Crippen LogP contribution in [0, 0.1) is 0 Å². The van der Waals surface area contributed by atoms with Crippen molar-refractivity contribution in [2.45, 2.75) is 16.9 Å². The standard InChI is InChI=1S/C14H14ClF3N4O3S2/c15-11-1-2-13(26-11)27(24,25)22-7-5-20(6-8-22)12(23)9-21-4-3-10(19-21)14(16,17)18/h1-4H,5-9H2. The zero-order valence-electron chi connectivity index (χ0n) is 13.7. The Morgan fingerprint density at radius 2 is 1.85 bits per heavy atom. The molecule has 1 aliphatic rings. The van der Waals surface area contributed by atoms with Crippen LogP contribution in [0.5, 0.6) is 0 Å². The first-order valence-electron chi connectivity index (χ1n) is 7.71. The number of piperazine rings is 1. The van der Waals surface area contributed by atoms with E-state index in [4.69, 9.17) is 11.6 Å². The number of halogens is 4. The van der Waals surface area contributed by atoms with E-state index >= 15 is 0 Å². The molecular weight excluding hydrogens is 429 g/mol. The summed E-state index contributed by atoms with van der Waals surface area (Å²) >= 11 is 6.73. The number of aromatic nitrogens is 2. The Labute approximate surface area is 162 Å². The predicted octanol–water partition coefficient (Wildman–Crippen LogP) is 2.15. The molecule has 27 heavy (non-hydrogen) atoms. The third-order valence-electron chi connectivity index (χ3n) is 3.96. The number of rotatable bonds is 4. The van der Waals surface area contributed by atoms with Crippen LogP contribution in [-0.2, 0) is 27.5 Å². The van der Waals surface area contributed by atoms with Crippen molar-refractivity contribution in [3.05, 3.63) is 34.4 Å². The highest BCUT2D eigenvalue weighted by Gasteiger charge is 2.34. The predicted molar refractivity (Wildman–Crippen MR) is 91.9 cm³/mol. The van der Waals surface area contributed by atoms with E-state index in [0.29, 0.717) is 4.34 Å².